The maximum atomic E-state index is 13.2. The second kappa shape index (κ2) is 7.09. The summed E-state index contributed by atoms with van der Waals surface area (Å²) in [6, 6.07) is 3.60. The quantitative estimate of drug-likeness (QED) is 0.870. The normalized spacial score (nSPS) is 11.3. The van der Waals surface area contributed by atoms with Gasteiger partial charge in [0.2, 0.25) is 0 Å². The molecule has 0 radical (unpaired) electrons. The second-order valence-corrected chi connectivity index (χ2v) is 6.76. The highest BCUT2D eigenvalue weighted by molar-refractivity contribution is 7.11. The zero-order chi connectivity index (χ0) is 15.4. The van der Waals surface area contributed by atoms with Gasteiger partial charge in [0.1, 0.15) is 11.6 Å². The summed E-state index contributed by atoms with van der Waals surface area (Å²) in [6.07, 6.45) is 0.463. The molecule has 0 bridgehead atoms. The van der Waals surface area contributed by atoms with Crippen LogP contribution in [0.25, 0.3) is 0 Å². The average Bonchev–Trinajstić information content (AvgIpc) is 2.67. The van der Waals surface area contributed by atoms with Crippen LogP contribution < -0.4 is 5.32 Å². The van der Waals surface area contributed by atoms with E-state index >= 15 is 0 Å². The molecule has 114 valence electrons. The van der Waals surface area contributed by atoms with E-state index in [0.717, 1.165) is 29.9 Å². The number of hydrogen-bond donors (Lipinski definition) is 1. The molecule has 1 aromatic carbocycles. The van der Waals surface area contributed by atoms with Crippen LogP contribution in [0.15, 0.2) is 18.2 Å². The number of rotatable bonds is 6. The maximum Gasteiger partial charge on any atom is 0.126 e. The topological polar surface area (TPSA) is 24.9 Å². The summed E-state index contributed by atoms with van der Waals surface area (Å²) in [4.78, 5) is 5.68. The largest absolute Gasteiger partial charge is 0.312 e. The number of nitrogens with one attached hydrogen (secondary N) is 1. The van der Waals surface area contributed by atoms with Gasteiger partial charge in [0.25, 0.3) is 0 Å². The lowest BCUT2D eigenvalue weighted by molar-refractivity contribution is 0.554. The fourth-order valence-corrected chi connectivity index (χ4v) is 3.16. The number of halogens is 2. The molecule has 2 rings (SSSR count). The third-order valence-electron chi connectivity index (χ3n) is 3.05. The molecule has 0 aliphatic heterocycles. The van der Waals surface area contributed by atoms with Gasteiger partial charge in [0.05, 0.1) is 10.7 Å². The Balaban J connectivity index is 2.04. The van der Waals surface area contributed by atoms with Crippen molar-refractivity contribution in [2.24, 2.45) is 5.92 Å². The van der Waals surface area contributed by atoms with E-state index in [1.807, 2.05) is 6.92 Å². The molecule has 0 atom stereocenters. The van der Waals surface area contributed by atoms with Crippen LogP contribution in [0.3, 0.4) is 0 Å². The van der Waals surface area contributed by atoms with Crippen molar-refractivity contribution in [1.29, 1.82) is 0 Å². The van der Waals surface area contributed by atoms with E-state index in [4.69, 9.17) is 0 Å². The van der Waals surface area contributed by atoms with Crippen LogP contribution in [0.5, 0.6) is 0 Å². The van der Waals surface area contributed by atoms with Crippen molar-refractivity contribution in [3.63, 3.8) is 0 Å². The first kappa shape index (κ1) is 16.0. The van der Waals surface area contributed by atoms with Gasteiger partial charge < -0.3 is 5.32 Å². The molecular weight excluding hydrogens is 290 g/mol. The van der Waals surface area contributed by atoms with Gasteiger partial charge >= 0.3 is 0 Å². The van der Waals surface area contributed by atoms with Gasteiger partial charge in [0.15, 0.2) is 0 Å². The zero-order valence-corrected chi connectivity index (χ0v) is 13.4. The minimum absolute atomic E-state index is 0.463. The van der Waals surface area contributed by atoms with Crippen LogP contribution in [0.4, 0.5) is 8.78 Å². The van der Waals surface area contributed by atoms with Gasteiger partial charge in [-0.25, -0.2) is 13.8 Å². The van der Waals surface area contributed by atoms with Gasteiger partial charge in [0, 0.05) is 23.9 Å². The van der Waals surface area contributed by atoms with E-state index in [1.54, 1.807) is 11.3 Å². The Labute approximate surface area is 128 Å². The highest BCUT2D eigenvalue weighted by atomic mass is 32.1. The third-order valence-corrected chi connectivity index (χ3v) is 4.21. The molecule has 0 saturated heterocycles. The number of aryl methyl sites for hydroxylation is 1. The van der Waals surface area contributed by atoms with Gasteiger partial charge in [-0.15, -0.1) is 11.3 Å². The Morgan fingerprint density at radius 1 is 1.19 bits per heavy atom. The third kappa shape index (κ3) is 4.86. The fourth-order valence-electron chi connectivity index (χ4n) is 2.09. The van der Waals surface area contributed by atoms with Crippen molar-refractivity contribution in [3.8, 4) is 0 Å². The first-order valence-electron chi connectivity index (χ1n) is 7.05. The first-order chi connectivity index (χ1) is 9.94. The first-order valence-corrected chi connectivity index (χ1v) is 7.86. The van der Waals surface area contributed by atoms with E-state index < -0.39 is 11.6 Å². The maximum absolute atomic E-state index is 13.2. The molecule has 2 nitrogen and oxygen atoms in total. The molecular formula is C16H20F2N2S. The average molecular weight is 310 g/mol. The molecule has 0 saturated carbocycles. The minimum Gasteiger partial charge on any atom is -0.312 e. The molecule has 0 aliphatic rings. The molecule has 1 N–H and O–H groups in total. The van der Waals surface area contributed by atoms with Crippen molar-refractivity contribution in [3.05, 3.63) is 51.0 Å². The molecule has 1 aromatic heterocycles. The molecule has 0 aliphatic carbocycles. The molecule has 0 fully saturated rings. The lowest BCUT2D eigenvalue weighted by Crippen LogP contribution is -2.18. The fraction of sp³-hybridized carbons (Fsp3) is 0.438. The summed E-state index contributed by atoms with van der Waals surface area (Å²) in [5.74, 6) is -0.484. The number of hydrogen-bond acceptors (Lipinski definition) is 3. The molecule has 5 heteroatoms. The predicted octanol–water partition coefficient (Wildman–Crippen LogP) is 4.07. The van der Waals surface area contributed by atoms with Crippen molar-refractivity contribution in [2.45, 2.75) is 33.7 Å². The summed E-state index contributed by atoms with van der Waals surface area (Å²) >= 11 is 1.60. The zero-order valence-electron chi connectivity index (χ0n) is 12.5. The van der Waals surface area contributed by atoms with E-state index in [1.165, 1.54) is 17.0 Å². The number of nitrogens with zero attached hydrogens (tertiary/aromatic N) is 1. The summed E-state index contributed by atoms with van der Waals surface area (Å²) in [5.41, 5.74) is 1.60. The van der Waals surface area contributed by atoms with Crippen molar-refractivity contribution >= 4 is 11.3 Å². The van der Waals surface area contributed by atoms with Crippen LogP contribution in [0.2, 0.25) is 0 Å². The number of thiazole rings is 1. The number of aromatic nitrogens is 1. The Morgan fingerprint density at radius 2 is 1.86 bits per heavy atom. The monoisotopic (exact) mass is 310 g/mol. The molecule has 21 heavy (non-hydrogen) atoms. The smallest absolute Gasteiger partial charge is 0.126 e. The summed E-state index contributed by atoms with van der Waals surface area (Å²) < 4.78 is 26.4. The molecule has 0 spiro atoms. The van der Waals surface area contributed by atoms with Gasteiger partial charge in [-0.05, 0) is 37.1 Å². The molecule has 0 amide bonds. The SMILES string of the molecule is Cc1nc(Cc2cc(F)cc(F)c2)sc1CNCC(C)C. The lowest BCUT2D eigenvalue weighted by Gasteiger charge is -2.05. The summed E-state index contributed by atoms with van der Waals surface area (Å²) in [6.45, 7) is 8.05. The standard InChI is InChI=1S/C16H20F2N2S/c1-10(2)8-19-9-15-11(3)20-16(21-15)6-12-4-13(17)7-14(18)5-12/h4-5,7,10,19H,6,8-9H2,1-3H3. The Hall–Kier alpha value is -1.33. The van der Waals surface area contributed by atoms with Crippen LogP contribution in [-0.4, -0.2) is 11.5 Å². The lowest BCUT2D eigenvalue weighted by atomic mass is 10.1. The van der Waals surface area contributed by atoms with Gasteiger partial charge in [-0.2, -0.15) is 0 Å². The number of benzene rings is 1. The highest BCUT2D eigenvalue weighted by Gasteiger charge is 2.09. The highest BCUT2D eigenvalue weighted by Crippen LogP contribution is 2.21. The van der Waals surface area contributed by atoms with E-state index in [-0.39, 0.29) is 0 Å². The Kier molecular flexibility index (Phi) is 5.42. The summed E-state index contributed by atoms with van der Waals surface area (Å²) in [5, 5.41) is 4.28. The van der Waals surface area contributed by atoms with Gasteiger partial charge in [-0.1, -0.05) is 13.8 Å². The van der Waals surface area contributed by atoms with E-state index in [2.05, 4.69) is 24.1 Å². The van der Waals surface area contributed by atoms with E-state index in [9.17, 15) is 8.78 Å². The van der Waals surface area contributed by atoms with Crippen LogP contribution in [-0.2, 0) is 13.0 Å². The molecule has 0 unspecified atom stereocenters. The van der Waals surface area contributed by atoms with Crippen LogP contribution in [0, 0.1) is 24.5 Å². The summed E-state index contributed by atoms with van der Waals surface area (Å²) in [7, 11) is 0. The van der Waals surface area contributed by atoms with Crippen LogP contribution >= 0.6 is 11.3 Å². The van der Waals surface area contributed by atoms with Crippen molar-refractivity contribution in [2.75, 3.05) is 6.54 Å². The Bertz CT molecular complexity index is 588. The second-order valence-electron chi connectivity index (χ2n) is 5.60. The minimum atomic E-state index is -0.544. The predicted molar refractivity (Wildman–Crippen MR) is 82.6 cm³/mol. The Morgan fingerprint density at radius 3 is 2.48 bits per heavy atom. The molecule has 2 aromatic rings. The van der Waals surface area contributed by atoms with E-state index in [0.29, 0.717) is 17.9 Å². The van der Waals surface area contributed by atoms with Crippen molar-refractivity contribution in [1.82, 2.24) is 10.3 Å². The van der Waals surface area contributed by atoms with Gasteiger partial charge in [-0.3, -0.25) is 0 Å². The van der Waals surface area contributed by atoms with Crippen molar-refractivity contribution < 1.29 is 8.78 Å². The molecule has 1 heterocycles. The van der Waals surface area contributed by atoms with Crippen LogP contribution in [0.1, 0.15) is 35.0 Å².